The minimum atomic E-state index is -0.0798. The number of likely N-dealkylation sites (N-methyl/N-ethyl adjacent to an activating group) is 1. The Morgan fingerprint density at radius 1 is 0.923 bits per heavy atom. The molecule has 1 atom stereocenters. The molecule has 0 aromatic heterocycles. The summed E-state index contributed by atoms with van der Waals surface area (Å²) in [5.41, 5.74) is 1.04. The molecule has 0 heterocycles. The second-order valence-electron chi connectivity index (χ2n) is 7.99. The Kier molecular flexibility index (Phi) is 13.7. The van der Waals surface area contributed by atoms with Crippen LogP contribution < -0.4 is 17.0 Å². The lowest BCUT2D eigenvalue weighted by Gasteiger charge is -2.32. The molecule has 1 aromatic carbocycles. The number of ether oxygens (including phenoxy) is 1. The lowest BCUT2D eigenvalue weighted by Crippen LogP contribution is -3.00. The molecule has 0 spiro atoms. The second kappa shape index (κ2) is 14.2. The fourth-order valence-corrected chi connectivity index (χ4v) is 3.12. The molecule has 0 amide bonds. The van der Waals surface area contributed by atoms with Crippen LogP contribution in [0.3, 0.4) is 0 Å². The average Bonchev–Trinajstić information content (AvgIpc) is 2.58. The molecule has 1 aromatic rings. The maximum absolute atomic E-state index is 12.6. The fraction of sp³-hybridized carbons (Fsp3) is 0.682. The van der Waals surface area contributed by atoms with Crippen LogP contribution in [0, 0.1) is 0 Å². The first kappa shape index (κ1) is 25.1. The minimum absolute atomic E-state index is 0. The van der Waals surface area contributed by atoms with Gasteiger partial charge in [0.25, 0.3) is 0 Å². The number of halogens is 1. The number of carbonyl (C=O) groups excluding carboxylic acids is 1. The van der Waals surface area contributed by atoms with Crippen molar-refractivity contribution < 1.29 is 31.0 Å². The van der Waals surface area contributed by atoms with Crippen LogP contribution >= 0.6 is 0 Å². The van der Waals surface area contributed by atoms with Gasteiger partial charge in [0.15, 0.2) is 6.04 Å². The SMILES string of the molecule is CCCCCCCCCCC(C(=O)OCc1ccccc1)[N+](C)(C)C.[Br-]. The number of carbonyl (C=O) groups is 1. The predicted octanol–water partition coefficient (Wildman–Crippen LogP) is 2.34. The van der Waals surface area contributed by atoms with Gasteiger partial charge in [-0.05, 0) is 12.0 Å². The summed E-state index contributed by atoms with van der Waals surface area (Å²) >= 11 is 0. The van der Waals surface area contributed by atoms with E-state index in [1.165, 1.54) is 44.9 Å². The van der Waals surface area contributed by atoms with Gasteiger partial charge in [0.05, 0.1) is 21.1 Å². The van der Waals surface area contributed by atoms with Crippen molar-refractivity contribution >= 4 is 5.97 Å². The topological polar surface area (TPSA) is 26.3 Å². The molecule has 0 saturated heterocycles. The van der Waals surface area contributed by atoms with Gasteiger partial charge in [0, 0.05) is 6.42 Å². The summed E-state index contributed by atoms with van der Waals surface area (Å²) in [6, 6.07) is 9.83. The first-order chi connectivity index (χ1) is 11.9. The predicted molar refractivity (Wildman–Crippen MR) is 105 cm³/mol. The van der Waals surface area contributed by atoms with Gasteiger partial charge < -0.3 is 26.2 Å². The Hall–Kier alpha value is -0.870. The molecule has 0 bridgehead atoms. The van der Waals surface area contributed by atoms with Crippen LogP contribution in [0.2, 0.25) is 0 Å². The molecule has 150 valence electrons. The molecule has 26 heavy (non-hydrogen) atoms. The first-order valence-corrected chi connectivity index (χ1v) is 9.97. The van der Waals surface area contributed by atoms with Gasteiger partial charge in [-0.25, -0.2) is 4.79 Å². The summed E-state index contributed by atoms with van der Waals surface area (Å²) in [5.74, 6) is -0.0701. The summed E-state index contributed by atoms with van der Waals surface area (Å²) in [6.45, 7) is 2.62. The standard InChI is InChI=1S/C22H38NO2.BrH/c1-5-6-7-8-9-10-11-15-18-21(23(2,3)4)22(24)25-19-20-16-13-12-14-17-20;/h12-14,16-17,21H,5-11,15,18-19H2,1-4H3;1H/q+1;/p-1. The lowest BCUT2D eigenvalue weighted by molar-refractivity contribution is -0.887. The van der Waals surface area contributed by atoms with E-state index in [2.05, 4.69) is 28.1 Å². The van der Waals surface area contributed by atoms with Crippen LogP contribution in [-0.2, 0) is 16.1 Å². The van der Waals surface area contributed by atoms with E-state index in [0.29, 0.717) is 11.1 Å². The third-order valence-corrected chi connectivity index (χ3v) is 4.76. The van der Waals surface area contributed by atoms with Crippen molar-refractivity contribution in [1.82, 2.24) is 0 Å². The van der Waals surface area contributed by atoms with Gasteiger partial charge in [0.1, 0.15) is 6.61 Å². The van der Waals surface area contributed by atoms with Crippen LogP contribution in [0.5, 0.6) is 0 Å². The highest BCUT2D eigenvalue weighted by molar-refractivity contribution is 5.74. The molecule has 4 heteroatoms. The van der Waals surface area contributed by atoms with Crippen molar-refractivity contribution in [2.24, 2.45) is 0 Å². The van der Waals surface area contributed by atoms with Crippen LogP contribution in [0.15, 0.2) is 30.3 Å². The summed E-state index contributed by atoms with van der Waals surface area (Å²) in [4.78, 5) is 12.6. The molecule has 0 N–H and O–H groups in total. The summed E-state index contributed by atoms with van der Waals surface area (Å²) in [5, 5.41) is 0. The van der Waals surface area contributed by atoms with E-state index in [1.54, 1.807) is 0 Å². The number of hydrogen-bond acceptors (Lipinski definition) is 2. The third kappa shape index (κ3) is 11.0. The van der Waals surface area contributed by atoms with E-state index in [0.717, 1.165) is 18.4 Å². The van der Waals surface area contributed by atoms with Crippen molar-refractivity contribution in [3.63, 3.8) is 0 Å². The molecule has 0 fully saturated rings. The van der Waals surface area contributed by atoms with E-state index in [4.69, 9.17) is 4.74 Å². The monoisotopic (exact) mass is 427 g/mol. The zero-order valence-electron chi connectivity index (χ0n) is 17.2. The molecule has 3 nitrogen and oxygen atoms in total. The molecular weight excluding hydrogens is 390 g/mol. The highest BCUT2D eigenvalue weighted by atomic mass is 79.9. The zero-order valence-corrected chi connectivity index (χ0v) is 18.8. The number of esters is 1. The Balaban J connectivity index is 0.00000625. The Morgan fingerprint density at radius 2 is 1.46 bits per heavy atom. The number of benzene rings is 1. The highest BCUT2D eigenvalue weighted by Crippen LogP contribution is 2.17. The Bertz CT molecular complexity index is 471. The van der Waals surface area contributed by atoms with Gasteiger partial charge in [0.2, 0.25) is 0 Å². The maximum atomic E-state index is 12.6. The van der Waals surface area contributed by atoms with Crippen molar-refractivity contribution in [2.45, 2.75) is 77.4 Å². The number of quaternary nitrogens is 1. The molecule has 0 aliphatic rings. The van der Waals surface area contributed by atoms with E-state index in [-0.39, 0.29) is 29.0 Å². The van der Waals surface area contributed by atoms with Crippen LogP contribution in [0.4, 0.5) is 0 Å². The number of unbranched alkanes of at least 4 members (excludes halogenated alkanes) is 7. The largest absolute Gasteiger partial charge is 1.00 e. The van der Waals surface area contributed by atoms with Gasteiger partial charge in [-0.15, -0.1) is 0 Å². The third-order valence-electron chi connectivity index (χ3n) is 4.76. The van der Waals surface area contributed by atoms with Gasteiger partial charge in [-0.2, -0.15) is 0 Å². The Morgan fingerprint density at radius 3 is 2.00 bits per heavy atom. The average molecular weight is 428 g/mol. The van der Waals surface area contributed by atoms with E-state index < -0.39 is 0 Å². The molecular formula is C22H38BrNO2. The Labute approximate surface area is 171 Å². The number of rotatable bonds is 13. The molecule has 0 aliphatic heterocycles. The molecule has 1 rings (SSSR count). The van der Waals surface area contributed by atoms with E-state index >= 15 is 0 Å². The van der Waals surface area contributed by atoms with Gasteiger partial charge >= 0.3 is 5.97 Å². The summed E-state index contributed by atoms with van der Waals surface area (Å²) in [7, 11) is 6.25. The van der Waals surface area contributed by atoms with Gasteiger partial charge in [-0.3, -0.25) is 0 Å². The summed E-state index contributed by atoms with van der Waals surface area (Å²) < 4.78 is 6.21. The van der Waals surface area contributed by atoms with Crippen LogP contribution in [0.1, 0.15) is 70.3 Å². The van der Waals surface area contributed by atoms with Crippen molar-refractivity contribution in [3.05, 3.63) is 35.9 Å². The fourth-order valence-electron chi connectivity index (χ4n) is 3.12. The number of nitrogens with zero attached hydrogens (tertiary/aromatic N) is 1. The minimum Gasteiger partial charge on any atom is -1.00 e. The van der Waals surface area contributed by atoms with Crippen LogP contribution in [0.25, 0.3) is 0 Å². The first-order valence-electron chi connectivity index (χ1n) is 9.97. The van der Waals surface area contributed by atoms with Crippen molar-refractivity contribution in [1.29, 1.82) is 0 Å². The molecule has 0 saturated carbocycles. The molecule has 0 aliphatic carbocycles. The lowest BCUT2D eigenvalue weighted by atomic mass is 10.0. The second-order valence-corrected chi connectivity index (χ2v) is 7.99. The molecule has 1 unspecified atom stereocenters. The van der Waals surface area contributed by atoms with E-state index in [9.17, 15) is 4.79 Å². The molecule has 0 radical (unpaired) electrons. The zero-order chi connectivity index (χ0) is 18.5. The van der Waals surface area contributed by atoms with Crippen molar-refractivity contribution in [3.8, 4) is 0 Å². The maximum Gasteiger partial charge on any atom is 0.365 e. The van der Waals surface area contributed by atoms with Crippen molar-refractivity contribution in [2.75, 3.05) is 21.1 Å². The highest BCUT2D eigenvalue weighted by Gasteiger charge is 2.32. The normalized spacial score (nSPS) is 12.3. The van der Waals surface area contributed by atoms with E-state index in [1.807, 2.05) is 30.3 Å². The smallest absolute Gasteiger partial charge is 0.365 e. The summed E-state index contributed by atoms with van der Waals surface area (Å²) in [6.07, 6.45) is 11.2. The van der Waals surface area contributed by atoms with Crippen LogP contribution in [-0.4, -0.2) is 37.6 Å². The number of hydrogen-bond donors (Lipinski definition) is 0. The van der Waals surface area contributed by atoms with Gasteiger partial charge in [-0.1, -0.05) is 82.2 Å². The quantitative estimate of drug-likeness (QED) is 0.274.